The molecule has 33 heavy (non-hydrogen) atoms. The Morgan fingerprint density at radius 2 is 2.00 bits per heavy atom. The van der Waals surface area contributed by atoms with Gasteiger partial charge < -0.3 is 14.4 Å². The number of pyridine rings is 2. The smallest absolute Gasteiger partial charge is 0.349 e. The zero-order chi connectivity index (χ0) is 23.7. The van der Waals surface area contributed by atoms with Crippen molar-refractivity contribution in [2.75, 3.05) is 11.4 Å². The molecule has 1 aliphatic heterocycles. The Balaban J connectivity index is 1.59. The summed E-state index contributed by atoms with van der Waals surface area (Å²) in [6, 6.07) is 7.32. The molecule has 0 radical (unpaired) electrons. The molecule has 3 atom stereocenters. The van der Waals surface area contributed by atoms with Gasteiger partial charge >= 0.3 is 5.69 Å². The molecule has 176 valence electrons. The molecule has 0 aromatic carbocycles. The summed E-state index contributed by atoms with van der Waals surface area (Å²) in [5, 5.41) is 0.373. The molecule has 1 fully saturated rings. The van der Waals surface area contributed by atoms with E-state index in [9.17, 15) is 4.79 Å². The summed E-state index contributed by atoms with van der Waals surface area (Å²) in [5.74, 6) is 2.12. The maximum Gasteiger partial charge on any atom is 0.349 e. The largest absolute Gasteiger partial charge is 0.489 e. The third-order valence-electron chi connectivity index (χ3n) is 6.11. The Hall–Kier alpha value is -2.87. The van der Waals surface area contributed by atoms with Gasteiger partial charge in [0.05, 0.1) is 17.8 Å². The number of hydrogen-bond acceptors (Lipinski definition) is 7. The van der Waals surface area contributed by atoms with Crippen molar-refractivity contribution in [3.63, 3.8) is 0 Å². The van der Waals surface area contributed by atoms with Gasteiger partial charge in [0.15, 0.2) is 5.82 Å². The lowest BCUT2D eigenvalue weighted by Crippen LogP contribution is -2.51. The minimum atomic E-state index is -0.312. The predicted octanol–water partition coefficient (Wildman–Crippen LogP) is 4.24. The first-order valence-corrected chi connectivity index (χ1v) is 11.7. The highest BCUT2D eigenvalue weighted by molar-refractivity contribution is 6.29. The Morgan fingerprint density at radius 3 is 2.67 bits per heavy atom. The number of ether oxygens (including phenoxy) is 2. The van der Waals surface area contributed by atoms with Gasteiger partial charge in [-0.3, -0.25) is 4.57 Å². The fourth-order valence-electron chi connectivity index (χ4n) is 4.36. The Morgan fingerprint density at radius 1 is 1.21 bits per heavy atom. The number of aryl methyl sites for hydroxylation is 1. The summed E-state index contributed by atoms with van der Waals surface area (Å²) >= 11 is 6.19. The van der Waals surface area contributed by atoms with Crippen LogP contribution >= 0.6 is 11.6 Å². The van der Waals surface area contributed by atoms with Crippen molar-refractivity contribution in [2.45, 2.75) is 58.8 Å². The lowest BCUT2D eigenvalue weighted by atomic mass is 9.88. The van der Waals surface area contributed by atoms with Crippen LogP contribution in [0.1, 0.15) is 40.5 Å². The van der Waals surface area contributed by atoms with E-state index in [4.69, 9.17) is 21.1 Å². The molecular formula is C24H30ClN5O3. The molecule has 0 unspecified atom stereocenters. The van der Waals surface area contributed by atoms with E-state index < -0.39 is 0 Å². The summed E-state index contributed by atoms with van der Waals surface area (Å²) in [7, 11) is 1.69. The van der Waals surface area contributed by atoms with Crippen LogP contribution in [0.4, 0.5) is 5.82 Å². The van der Waals surface area contributed by atoms with E-state index >= 15 is 0 Å². The first-order valence-electron chi connectivity index (χ1n) is 11.4. The second kappa shape index (κ2) is 9.55. The van der Waals surface area contributed by atoms with Crippen molar-refractivity contribution < 1.29 is 9.47 Å². The number of rotatable bonds is 6. The van der Waals surface area contributed by atoms with E-state index in [1.807, 2.05) is 32.0 Å². The zero-order valence-corrected chi connectivity index (χ0v) is 20.4. The molecule has 1 aliphatic rings. The van der Waals surface area contributed by atoms with Gasteiger partial charge in [0.25, 0.3) is 0 Å². The van der Waals surface area contributed by atoms with Crippen molar-refractivity contribution >= 4 is 28.5 Å². The van der Waals surface area contributed by atoms with Crippen molar-refractivity contribution in [3.8, 4) is 11.6 Å². The Bertz CT molecular complexity index is 1180. The molecule has 3 aromatic rings. The summed E-state index contributed by atoms with van der Waals surface area (Å²) in [5.41, 5.74) is 1.03. The lowest BCUT2D eigenvalue weighted by Gasteiger charge is -2.43. The number of nitrogens with zero attached hydrogens (tertiary/aromatic N) is 5. The van der Waals surface area contributed by atoms with Crippen LogP contribution in [0, 0.1) is 5.92 Å². The molecule has 0 saturated carbocycles. The third-order valence-corrected chi connectivity index (χ3v) is 6.32. The topological polar surface area (TPSA) is 82.4 Å². The number of anilines is 1. The van der Waals surface area contributed by atoms with E-state index in [0.717, 1.165) is 18.6 Å². The van der Waals surface area contributed by atoms with Gasteiger partial charge in [-0.2, -0.15) is 4.98 Å². The second-order valence-electron chi connectivity index (χ2n) is 8.84. The van der Waals surface area contributed by atoms with Gasteiger partial charge in [-0.05, 0) is 45.4 Å². The van der Waals surface area contributed by atoms with Crippen molar-refractivity contribution in [2.24, 2.45) is 13.0 Å². The maximum absolute atomic E-state index is 12.6. The molecule has 0 spiro atoms. The van der Waals surface area contributed by atoms with Crippen LogP contribution in [0.15, 0.2) is 35.3 Å². The highest BCUT2D eigenvalue weighted by Crippen LogP contribution is 2.33. The number of halogens is 1. The quantitative estimate of drug-likeness (QED) is 0.497. The SMILES string of the molecule is CC[C@@H]1CN(c2nc(=O)n(C)c3ccc(Cl)nc23)[C@H](C)C[C@H]1Oc1ccc(OC(C)C)cn1. The predicted molar refractivity (Wildman–Crippen MR) is 129 cm³/mol. The van der Waals surface area contributed by atoms with Crippen LogP contribution in [0.25, 0.3) is 11.0 Å². The van der Waals surface area contributed by atoms with E-state index in [0.29, 0.717) is 34.4 Å². The normalized spacial score (nSPS) is 20.9. The van der Waals surface area contributed by atoms with Gasteiger partial charge in [-0.1, -0.05) is 18.5 Å². The van der Waals surface area contributed by atoms with Crippen LogP contribution in [-0.2, 0) is 7.05 Å². The highest BCUT2D eigenvalue weighted by atomic mass is 35.5. The van der Waals surface area contributed by atoms with Gasteiger partial charge in [-0.25, -0.2) is 14.8 Å². The average Bonchev–Trinajstić information content (AvgIpc) is 2.77. The molecule has 0 N–H and O–H groups in total. The minimum Gasteiger partial charge on any atom is -0.489 e. The van der Waals surface area contributed by atoms with E-state index in [1.54, 1.807) is 19.3 Å². The molecule has 1 saturated heterocycles. The lowest BCUT2D eigenvalue weighted by molar-refractivity contribution is 0.0908. The Kier molecular flexibility index (Phi) is 6.74. The number of piperidine rings is 1. The third kappa shape index (κ3) is 4.90. The van der Waals surface area contributed by atoms with Crippen molar-refractivity contribution in [1.29, 1.82) is 0 Å². The molecule has 3 aromatic heterocycles. The molecule has 0 amide bonds. The summed E-state index contributed by atoms with van der Waals surface area (Å²) < 4.78 is 13.5. The second-order valence-corrected chi connectivity index (χ2v) is 9.23. The van der Waals surface area contributed by atoms with Gasteiger partial charge in [-0.15, -0.1) is 0 Å². The number of fused-ring (bicyclic) bond motifs is 1. The molecule has 8 nitrogen and oxygen atoms in total. The molecular weight excluding hydrogens is 442 g/mol. The average molecular weight is 472 g/mol. The van der Waals surface area contributed by atoms with Gasteiger partial charge in [0.2, 0.25) is 5.88 Å². The molecule has 9 heteroatoms. The van der Waals surface area contributed by atoms with Crippen LogP contribution in [0.3, 0.4) is 0 Å². The van der Waals surface area contributed by atoms with Crippen molar-refractivity contribution in [1.82, 2.24) is 19.5 Å². The standard InChI is InChI=1S/C24H30ClN5O3/c1-6-16-13-30(23-22-18(8-9-20(25)27-22)29(5)24(31)28-23)15(4)11-19(16)33-21-10-7-17(12-26-21)32-14(2)3/h7-10,12,14-16,19H,6,11,13H2,1-5H3/t15-,16-,19-/m1/s1. The monoisotopic (exact) mass is 471 g/mol. The van der Waals surface area contributed by atoms with Crippen LogP contribution in [0.5, 0.6) is 11.6 Å². The van der Waals surface area contributed by atoms with Crippen LogP contribution in [0.2, 0.25) is 5.15 Å². The number of aromatic nitrogens is 4. The van der Waals surface area contributed by atoms with E-state index in [-0.39, 0.29) is 29.9 Å². The molecule has 4 heterocycles. The minimum absolute atomic E-state index is 0.0000243. The van der Waals surface area contributed by atoms with Crippen LogP contribution < -0.4 is 20.1 Å². The van der Waals surface area contributed by atoms with Crippen LogP contribution in [-0.4, -0.2) is 44.3 Å². The summed E-state index contributed by atoms with van der Waals surface area (Å²) in [6.45, 7) is 8.92. The highest BCUT2D eigenvalue weighted by Gasteiger charge is 2.36. The zero-order valence-electron chi connectivity index (χ0n) is 19.7. The fraction of sp³-hybridized carbons (Fsp3) is 0.500. The first-order chi connectivity index (χ1) is 15.8. The summed E-state index contributed by atoms with van der Waals surface area (Å²) in [4.78, 5) is 28.0. The Labute approximate surface area is 198 Å². The molecule has 4 rings (SSSR count). The number of hydrogen-bond donors (Lipinski definition) is 0. The first kappa shape index (κ1) is 23.3. The van der Waals surface area contributed by atoms with E-state index in [1.165, 1.54) is 4.57 Å². The van der Waals surface area contributed by atoms with Gasteiger partial charge in [0, 0.05) is 38.0 Å². The molecule has 0 bridgehead atoms. The van der Waals surface area contributed by atoms with Crippen molar-refractivity contribution in [3.05, 3.63) is 46.1 Å². The van der Waals surface area contributed by atoms with E-state index in [2.05, 4.69) is 33.7 Å². The fourth-order valence-corrected chi connectivity index (χ4v) is 4.50. The summed E-state index contributed by atoms with van der Waals surface area (Å²) in [6.07, 6.45) is 3.47. The maximum atomic E-state index is 12.6. The molecule has 0 aliphatic carbocycles. The van der Waals surface area contributed by atoms with Gasteiger partial charge in [0.1, 0.15) is 22.5 Å².